The van der Waals surface area contributed by atoms with Crippen LogP contribution in [0.4, 0.5) is 0 Å². The van der Waals surface area contributed by atoms with E-state index in [1.165, 1.54) is 6.07 Å². The van der Waals surface area contributed by atoms with E-state index in [-0.39, 0.29) is 32.6 Å². The molecule has 0 bridgehead atoms. The predicted octanol–water partition coefficient (Wildman–Crippen LogP) is 1.21. The Hall–Kier alpha value is 0.0651. The van der Waals surface area contributed by atoms with E-state index in [9.17, 15) is 13.0 Å². The predicted molar refractivity (Wildman–Crippen MR) is 43.9 cm³/mol. The van der Waals surface area contributed by atoms with Crippen LogP contribution in [-0.4, -0.2) is 13.0 Å². The van der Waals surface area contributed by atoms with E-state index in [1.807, 2.05) is 6.92 Å². The first-order valence-corrected chi connectivity index (χ1v) is 4.85. The van der Waals surface area contributed by atoms with Crippen LogP contribution in [0.15, 0.2) is 23.1 Å². The fraction of sp³-hybridized carbons (Fsp3) is 0.250. The third-order valence-corrected chi connectivity index (χ3v) is 2.60. The average molecular weight is 386 g/mol. The van der Waals surface area contributed by atoms with Crippen molar-refractivity contribution >= 4 is 10.1 Å². The normalized spacial score (nSPS) is 10.7. The van der Waals surface area contributed by atoms with Crippen LogP contribution in [-0.2, 0) is 37.8 Å². The molecular formula is C8H9HgO3S. The maximum absolute atomic E-state index is 10.6. The molecule has 0 aliphatic rings. The van der Waals surface area contributed by atoms with Crippen molar-refractivity contribution in [2.75, 3.05) is 0 Å². The summed E-state index contributed by atoms with van der Waals surface area (Å²) in [7, 11) is -4.30. The topological polar surface area (TPSA) is 57.2 Å². The minimum atomic E-state index is -4.30. The molecule has 0 spiro atoms. The van der Waals surface area contributed by atoms with Crippen LogP contribution in [0.25, 0.3) is 0 Å². The number of benzene rings is 1. The van der Waals surface area contributed by atoms with Gasteiger partial charge in [-0.2, -0.15) is 0 Å². The zero-order chi connectivity index (χ0) is 9.35. The Balaban J connectivity index is 0.00000144. The standard InChI is InChI=1S/C8H10O3S.Hg/c1-6-3-4-8(7(2)5-6)12(9,10)11;/h3-5H,1-2H3,(H,9,10,11);/q;+1/p-1. The molecule has 3 nitrogen and oxygen atoms in total. The van der Waals surface area contributed by atoms with Crippen molar-refractivity contribution in [3.63, 3.8) is 0 Å². The van der Waals surface area contributed by atoms with Crippen molar-refractivity contribution in [3.05, 3.63) is 29.3 Å². The van der Waals surface area contributed by atoms with Crippen LogP contribution in [0.5, 0.6) is 0 Å². The maximum atomic E-state index is 10.6. The minimum Gasteiger partial charge on any atom is -0.744 e. The van der Waals surface area contributed by atoms with Gasteiger partial charge in [0.1, 0.15) is 10.1 Å². The van der Waals surface area contributed by atoms with E-state index in [1.54, 1.807) is 19.1 Å². The fourth-order valence-electron chi connectivity index (χ4n) is 1.08. The first-order chi connectivity index (χ1) is 5.41. The van der Waals surface area contributed by atoms with E-state index in [0.29, 0.717) is 5.56 Å². The second kappa shape index (κ2) is 4.53. The summed E-state index contributed by atoms with van der Waals surface area (Å²) in [6, 6.07) is 4.62. The van der Waals surface area contributed by atoms with Crippen LogP contribution in [0.1, 0.15) is 11.1 Å². The summed E-state index contributed by atoms with van der Waals surface area (Å²) in [6.45, 7) is 3.45. The quantitative estimate of drug-likeness (QED) is 0.539. The molecular weight excluding hydrogens is 377 g/mol. The fourth-order valence-corrected chi connectivity index (χ4v) is 1.77. The summed E-state index contributed by atoms with van der Waals surface area (Å²) in [5, 5.41) is 0. The largest absolute Gasteiger partial charge is 1.00 e. The van der Waals surface area contributed by atoms with Gasteiger partial charge in [0, 0.05) is 0 Å². The summed E-state index contributed by atoms with van der Waals surface area (Å²) in [5.74, 6) is 0. The zero-order valence-corrected chi connectivity index (χ0v) is 13.9. The Morgan fingerprint density at radius 3 is 2.15 bits per heavy atom. The van der Waals surface area contributed by atoms with Crippen LogP contribution in [0.3, 0.4) is 0 Å². The summed E-state index contributed by atoms with van der Waals surface area (Å²) >= 11 is 0. The van der Waals surface area contributed by atoms with Gasteiger partial charge < -0.3 is 4.55 Å². The molecule has 1 radical (unpaired) electrons. The average Bonchev–Trinajstić information content (AvgIpc) is 1.83. The maximum Gasteiger partial charge on any atom is 1.00 e. The third-order valence-electron chi connectivity index (χ3n) is 1.60. The van der Waals surface area contributed by atoms with E-state index in [2.05, 4.69) is 0 Å². The minimum absolute atomic E-state index is 0. The molecule has 0 aromatic heterocycles. The molecule has 67 valence electrons. The summed E-state index contributed by atoms with van der Waals surface area (Å²) < 4.78 is 31.8. The number of hydrogen-bond donors (Lipinski definition) is 0. The number of aryl methyl sites for hydroxylation is 2. The molecule has 0 saturated carbocycles. The molecule has 1 rings (SSSR count). The van der Waals surface area contributed by atoms with Gasteiger partial charge in [-0.15, -0.1) is 0 Å². The Kier molecular flexibility index (Phi) is 4.55. The molecule has 1 aromatic rings. The first-order valence-electron chi connectivity index (χ1n) is 3.44. The Morgan fingerprint density at radius 1 is 1.23 bits per heavy atom. The molecule has 0 N–H and O–H groups in total. The summed E-state index contributed by atoms with van der Waals surface area (Å²) in [5.41, 5.74) is 1.45. The van der Waals surface area contributed by atoms with E-state index < -0.39 is 10.1 Å². The Morgan fingerprint density at radius 2 is 1.77 bits per heavy atom. The molecule has 0 heterocycles. The molecule has 0 saturated heterocycles. The van der Waals surface area contributed by atoms with E-state index in [4.69, 9.17) is 0 Å². The van der Waals surface area contributed by atoms with E-state index >= 15 is 0 Å². The summed E-state index contributed by atoms with van der Waals surface area (Å²) in [4.78, 5) is -0.131. The zero-order valence-electron chi connectivity index (χ0n) is 7.57. The van der Waals surface area contributed by atoms with Crippen LogP contribution in [0.2, 0.25) is 0 Å². The monoisotopic (exact) mass is 387 g/mol. The van der Waals surface area contributed by atoms with Crippen LogP contribution >= 0.6 is 0 Å². The van der Waals surface area contributed by atoms with Gasteiger partial charge in [0.15, 0.2) is 0 Å². The van der Waals surface area contributed by atoms with Crippen molar-refractivity contribution in [3.8, 4) is 0 Å². The first kappa shape index (κ1) is 13.1. The Labute approximate surface area is 98.4 Å². The van der Waals surface area contributed by atoms with Crippen LogP contribution in [0, 0.1) is 13.8 Å². The molecule has 13 heavy (non-hydrogen) atoms. The molecule has 0 amide bonds. The van der Waals surface area contributed by atoms with Crippen molar-refractivity contribution in [2.45, 2.75) is 18.7 Å². The molecule has 0 unspecified atom stereocenters. The van der Waals surface area contributed by atoms with Crippen molar-refractivity contribution in [2.24, 2.45) is 0 Å². The van der Waals surface area contributed by atoms with Gasteiger partial charge in [0.05, 0.1) is 4.90 Å². The van der Waals surface area contributed by atoms with Gasteiger partial charge in [0.25, 0.3) is 0 Å². The third kappa shape index (κ3) is 3.36. The molecule has 0 aliphatic carbocycles. The van der Waals surface area contributed by atoms with Gasteiger partial charge in [-0.3, -0.25) is 0 Å². The van der Waals surface area contributed by atoms with Gasteiger partial charge in [-0.1, -0.05) is 17.7 Å². The van der Waals surface area contributed by atoms with Gasteiger partial charge in [-0.25, -0.2) is 8.42 Å². The number of hydrogen-bond acceptors (Lipinski definition) is 3. The SMILES string of the molecule is Cc1ccc(S(=O)(=O)[O-])c(C)c1.[Hg+]. The van der Waals surface area contributed by atoms with Gasteiger partial charge in [-0.05, 0) is 25.5 Å². The van der Waals surface area contributed by atoms with Crippen molar-refractivity contribution in [1.82, 2.24) is 0 Å². The second-order valence-electron chi connectivity index (χ2n) is 2.72. The molecule has 0 fully saturated rings. The molecule has 0 atom stereocenters. The summed E-state index contributed by atoms with van der Waals surface area (Å²) in [6.07, 6.45) is 0. The second-order valence-corrected chi connectivity index (χ2v) is 4.07. The van der Waals surface area contributed by atoms with Gasteiger partial charge in [0.2, 0.25) is 0 Å². The van der Waals surface area contributed by atoms with Gasteiger partial charge >= 0.3 is 27.7 Å². The van der Waals surface area contributed by atoms with Crippen molar-refractivity contribution < 1.29 is 40.6 Å². The number of rotatable bonds is 1. The van der Waals surface area contributed by atoms with Crippen molar-refractivity contribution in [1.29, 1.82) is 0 Å². The molecule has 5 heteroatoms. The van der Waals surface area contributed by atoms with Crippen LogP contribution < -0.4 is 0 Å². The Bertz CT molecular complexity index is 398. The van der Waals surface area contributed by atoms with E-state index in [0.717, 1.165) is 5.56 Å². The molecule has 1 aromatic carbocycles. The molecule has 0 aliphatic heterocycles. The smallest absolute Gasteiger partial charge is 0.744 e.